The van der Waals surface area contributed by atoms with Gasteiger partial charge in [-0.1, -0.05) is 29.8 Å². The quantitative estimate of drug-likeness (QED) is 0.367. The number of aromatic nitrogens is 2. The number of sulfone groups is 1. The Bertz CT molecular complexity index is 1490. The van der Waals surface area contributed by atoms with Gasteiger partial charge < -0.3 is 10.8 Å². The predicted molar refractivity (Wildman–Crippen MR) is 134 cm³/mol. The van der Waals surface area contributed by atoms with E-state index in [9.17, 15) is 17.9 Å². The lowest BCUT2D eigenvalue weighted by Crippen LogP contribution is -2.17. The first kappa shape index (κ1) is 24.6. The van der Waals surface area contributed by atoms with Crippen molar-refractivity contribution in [1.29, 1.82) is 0 Å². The summed E-state index contributed by atoms with van der Waals surface area (Å²) in [4.78, 5) is 1.74. The van der Waals surface area contributed by atoms with Gasteiger partial charge >= 0.3 is 0 Å². The minimum Gasteiger partial charge on any atom is -0.384 e. The Morgan fingerprint density at radius 3 is 2.47 bits per heavy atom. The fraction of sp³-hybridized carbons (Fsp3) is 0.208. The highest BCUT2D eigenvalue weighted by Gasteiger charge is 2.30. The molecule has 0 amide bonds. The van der Waals surface area contributed by atoms with Crippen molar-refractivity contribution in [2.75, 3.05) is 6.26 Å². The van der Waals surface area contributed by atoms with Crippen molar-refractivity contribution in [3.05, 3.63) is 76.7 Å². The van der Waals surface area contributed by atoms with Gasteiger partial charge in [-0.25, -0.2) is 17.5 Å². The molecule has 0 unspecified atom stereocenters. The van der Waals surface area contributed by atoms with Gasteiger partial charge in [0.2, 0.25) is 0 Å². The zero-order chi connectivity index (χ0) is 24.8. The Kier molecular flexibility index (Phi) is 6.43. The maximum absolute atomic E-state index is 14.5. The summed E-state index contributed by atoms with van der Waals surface area (Å²) in [6, 6.07) is 14.9. The second kappa shape index (κ2) is 8.90. The summed E-state index contributed by atoms with van der Waals surface area (Å²) in [6.45, 7) is 3.09. The molecule has 0 atom stereocenters. The van der Waals surface area contributed by atoms with Crippen LogP contribution in [0.25, 0.3) is 26.7 Å². The number of aliphatic hydroxyl groups is 1. The molecule has 0 aliphatic carbocycles. The number of thiophene rings is 1. The summed E-state index contributed by atoms with van der Waals surface area (Å²) in [7, 11) is -3.36. The van der Waals surface area contributed by atoms with Gasteiger partial charge in [0.05, 0.1) is 20.5 Å². The van der Waals surface area contributed by atoms with Crippen molar-refractivity contribution in [3.63, 3.8) is 0 Å². The number of hydrogen-bond acceptors (Lipinski definition) is 6. The lowest BCUT2D eigenvalue weighted by Gasteiger charge is -2.14. The van der Waals surface area contributed by atoms with Gasteiger partial charge in [-0.05, 0) is 55.8 Å². The second-order valence-electron chi connectivity index (χ2n) is 8.39. The number of nitrogens with zero attached hydrogens (tertiary/aromatic N) is 2. The molecular weight excluding hydrogens is 497 g/mol. The Morgan fingerprint density at radius 1 is 1.15 bits per heavy atom. The van der Waals surface area contributed by atoms with Crippen LogP contribution >= 0.6 is 22.9 Å². The summed E-state index contributed by atoms with van der Waals surface area (Å²) in [5.74, 6) is -0.466. The first-order valence-electron chi connectivity index (χ1n) is 10.3. The Balaban J connectivity index is 1.93. The van der Waals surface area contributed by atoms with Gasteiger partial charge in [-0.2, -0.15) is 5.10 Å². The molecule has 0 radical (unpaired) electrons. The second-order valence-corrected chi connectivity index (χ2v) is 11.9. The van der Waals surface area contributed by atoms with E-state index < -0.39 is 21.3 Å². The minimum atomic E-state index is -3.36. The summed E-state index contributed by atoms with van der Waals surface area (Å²) in [6.07, 6.45) is 1.16. The van der Waals surface area contributed by atoms with Crippen LogP contribution in [0.1, 0.15) is 25.1 Å². The van der Waals surface area contributed by atoms with Gasteiger partial charge in [-0.15, -0.1) is 11.3 Å². The molecule has 0 fully saturated rings. The zero-order valence-electron chi connectivity index (χ0n) is 18.7. The van der Waals surface area contributed by atoms with Gasteiger partial charge in [0, 0.05) is 23.2 Å². The predicted octanol–water partition coefficient (Wildman–Crippen LogP) is 5.15. The van der Waals surface area contributed by atoms with Gasteiger partial charge in [0.1, 0.15) is 22.8 Å². The topological polar surface area (TPSA) is 98.2 Å². The van der Waals surface area contributed by atoms with Crippen LogP contribution < -0.4 is 5.73 Å². The smallest absolute Gasteiger partial charge is 0.175 e. The van der Waals surface area contributed by atoms with Crippen LogP contribution in [0.3, 0.4) is 0 Å². The zero-order valence-corrected chi connectivity index (χ0v) is 21.1. The van der Waals surface area contributed by atoms with Gasteiger partial charge in [0.15, 0.2) is 9.84 Å². The highest BCUT2D eigenvalue weighted by Crippen LogP contribution is 2.42. The summed E-state index contributed by atoms with van der Waals surface area (Å²) >= 11 is 8.11. The van der Waals surface area contributed by atoms with Gasteiger partial charge in [0.25, 0.3) is 0 Å². The number of benzene rings is 2. The average molecular weight is 520 g/mol. The molecular formula is C24H23ClFN3O3S2. The van der Waals surface area contributed by atoms with E-state index in [1.165, 1.54) is 22.1 Å². The van der Waals surface area contributed by atoms with Gasteiger partial charge in [-0.3, -0.25) is 0 Å². The highest BCUT2D eigenvalue weighted by atomic mass is 35.5. The fourth-order valence-electron chi connectivity index (χ4n) is 3.62. The SMILES string of the molecule is CC(C)(O)c1nn(-c2cccc(F)c2CN)c(-c2ccc(-c3cccc(S(C)(=O)=O)c3)s2)c1Cl. The molecule has 0 saturated carbocycles. The highest BCUT2D eigenvalue weighted by molar-refractivity contribution is 7.90. The van der Waals surface area contributed by atoms with E-state index >= 15 is 0 Å². The molecule has 4 aromatic rings. The standard InChI is InChI=1S/C24H23ClFN3O3S2/c1-24(2,30)23-21(25)22(29(28-23)18-9-5-8-17(26)16(18)13-27)20-11-10-19(33-20)14-6-4-7-15(12-14)34(3,31)32/h4-12,30H,13,27H2,1-3H3. The number of halogens is 2. The summed E-state index contributed by atoms with van der Waals surface area (Å²) < 4.78 is 40.0. The Morgan fingerprint density at radius 2 is 1.82 bits per heavy atom. The van der Waals surface area contributed by atoms with E-state index in [0.29, 0.717) is 16.3 Å². The monoisotopic (exact) mass is 519 g/mol. The van der Waals surface area contributed by atoms with E-state index in [2.05, 4.69) is 5.10 Å². The molecule has 0 spiro atoms. The van der Waals surface area contributed by atoms with E-state index in [4.69, 9.17) is 17.3 Å². The molecule has 178 valence electrons. The van der Waals surface area contributed by atoms with Crippen LogP contribution in [-0.2, 0) is 22.0 Å². The van der Waals surface area contributed by atoms with Crippen LogP contribution in [0.15, 0.2) is 59.5 Å². The van der Waals surface area contributed by atoms with Crippen LogP contribution in [0.2, 0.25) is 5.02 Å². The van der Waals surface area contributed by atoms with Crippen LogP contribution in [0.4, 0.5) is 4.39 Å². The molecule has 0 bridgehead atoms. The van der Waals surface area contributed by atoms with Crippen molar-refractivity contribution in [2.45, 2.75) is 30.9 Å². The van der Waals surface area contributed by atoms with Crippen LogP contribution in [0.5, 0.6) is 0 Å². The molecule has 4 rings (SSSR count). The third kappa shape index (κ3) is 4.54. The van der Waals surface area contributed by atoms with E-state index in [1.54, 1.807) is 44.2 Å². The third-order valence-electron chi connectivity index (χ3n) is 5.32. The van der Waals surface area contributed by atoms with E-state index in [1.807, 2.05) is 18.2 Å². The number of rotatable bonds is 6. The summed E-state index contributed by atoms with van der Waals surface area (Å²) in [5.41, 5.74) is 6.62. The Hall–Kier alpha value is -2.56. The van der Waals surface area contributed by atoms with Crippen LogP contribution in [0, 0.1) is 5.82 Å². The van der Waals surface area contributed by atoms with E-state index in [-0.39, 0.29) is 27.7 Å². The largest absolute Gasteiger partial charge is 0.384 e. The lowest BCUT2D eigenvalue weighted by molar-refractivity contribution is 0.0735. The molecule has 0 saturated heterocycles. The molecule has 34 heavy (non-hydrogen) atoms. The third-order valence-corrected chi connectivity index (χ3v) is 7.93. The van der Waals surface area contributed by atoms with Crippen molar-refractivity contribution in [3.8, 4) is 26.7 Å². The van der Waals surface area contributed by atoms with Crippen LogP contribution in [-0.4, -0.2) is 29.6 Å². The fourth-order valence-corrected chi connectivity index (χ4v) is 5.84. The minimum absolute atomic E-state index is 0.0508. The molecule has 3 N–H and O–H groups in total. The van der Waals surface area contributed by atoms with E-state index in [0.717, 1.165) is 16.7 Å². The Labute approximate surface area is 206 Å². The lowest BCUT2D eigenvalue weighted by atomic mass is 10.1. The molecule has 2 aromatic carbocycles. The molecule has 6 nitrogen and oxygen atoms in total. The molecule has 2 aromatic heterocycles. The molecule has 2 heterocycles. The number of hydrogen-bond donors (Lipinski definition) is 2. The van der Waals surface area contributed by atoms with Crippen molar-refractivity contribution in [2.24, 2.45) is 5.73 Å². The average Bonchev–Trinajstić information content (AvgIpc) is 3.37. The normalized spacial score (nSPS) is 12.3. The molecule has 0 aliphatic heterocycles. The van der Waals surface area contributed by atoms with Crippen molar-refractivity contribution in [1.82, 2.24) is 9.78 Å². The number of nitrogens with two attached hydrogens (primary N) is 1. The molecule has 0 aliphatic rings. The van der Waals surface area contributed by atoms with Crippen molar-refractivity contribution < 1.29 is 17.9 Å². The maximum atomic E-state index is 14.5. The maximum Gasteiger partial charge on any atom is 0.175 e. The first-order chi connectivity index (χ1) is 15.9. The first-order valence-corrected chi connectivity index (χ1v) is 13.4. The molecule has 10 heteroatoms. The summed E-state index contributed by atoms with van der Waals surface area (Å²) in [5, 5.41) is 15.4. The van der Waals surface area contributed by atoms with Crippen molar-refractivity contribution >= 4 is 32.8 Å².